The normalized spacial score (nSPS) is 10.3. The third-order valence-corrected chi connectivity index (χ3v) is 3.52. The number of nitrogen functional groups attached to an aromatic ring is 1. The highest BCUT2D eigenvalue weighted by molar-refractivity contribution is 9.10. The first-order valence-electron chi connectivity index (χ1n) is 5.73. The van der Waals surface area contributed by atoms with Crippen molar-refractivity contribution in [3.63, 3.8) is 0 Å². The summed E-state index contributed by atoms with van der Waals surface area (Å²) in [7, 11) is 0. The molecule has 98 valence electrons. The molecule has 0 aliphatic carbocycles. The van der Waals surface area contributed by atoms with Gasteiger partial charge in [0.25, 0.3) is 0 Å². The predicted molar refractivity (Wildman–Crippen MR) is 78.9 cm³/mol. The van der Waals surface area contributed by atoms with Crippen molar-refractivity contribution in [2.24, 2.45) is 5.73 Å². The predicted octanol–water partition coefficient (Wildman–Crippen LogP) is 3.54. The summed E-state index contributed by atoms with van der Waals surface area (Å²) in [5.74, 6) is 0.965. The second kappa shape index (κ2) is 5.40. The fourth-order valence-electron chi connectivity index (χ4n) is 1.61. The number of nitrogens with two attached hydrogens (primary N) is 1. The summed E-state index contributed by atoms with van der Waals surface area (Å²) in [4.78, 5) is 4.29. The van der Waals surface area contributed by atoms with Gasteiger partial charge in [0.15, 0.2) is 0 Å². The van der Waals surface area contributed by atoms with E-state index in [1.165, 1.54) is 0 Å². The van der Waals surface area contributed by atoms with E-state index in [4.69, 9.17) is 15.9 Å². The van der Waals surface area contributed by atoms with E-state index in [1.807, 2.05) is 32.0 Å². The highest BCUT2D eigenvalue weighted by atomic mass is 79.9. The summed E-state index contributed by atoms with van der Waals surface area (Å²) in [6.07, 6.45) is 0. The largest absolute Gasteiger partial charge is 0.438 e. The molecule has 1 aromatic heterocycles. The van der Waals surface area contributed by atoms with E-state index in [1.54, 1.807) is 12.1 Å². The Kier molecular flexibility index (Phi) is 3.85. The van der Waals surface area contributed by atoms with Gasteiger partial charge in [-0.05, 0) is 49.7 Å². The SMILES string of the molecule is Cc1ccc(C(=N)N)c(Oc2ccc(Br)c(C)c2)n1. The Bertz CT molecular complexity index is 641. The summed E-state index contributed by atoms with van der Waals surface area (Å²) in [5.41, 5.74) is 7.90. The molecule has 0 aliphatic rings. The van der Waals surface area contributed by atoms with Gasteiger partial charge < -0.3 is 10.5 Å². The number of benzene rings is 1. The number of halogens is 1. The van der Waals surface area contributed by atoms with Crippen molar-refractivity contribution in [1.82, 2.24) is 4.98 Å². The number of nitrogens with one attached hydrogen (secondary N) is 1. The van der Waals surface area contributed by atoms with E-state index in [-0.39, 0.29) is 5.84 Å². The molecule has 3 N–H and O–H groups in total. The fraction of sp³-hybridized carbons (Fsp3) is 0.143. The van der Waals surface area contributed by atoms with E-state index in [2.05, 4.69) is 20.9 Å². The number of rotatable bonds is 3. The Hall–Kier alpha value is -1.88. The maximum atomic E-state index is 7.54. The van der Waals surface area contributed by atoms with Crippen molar-refractivity contribution in [2.75, 3.05) is 0 Å². The molecular weight excluding hydrogens is 306 g/mol. The second-order valence-corrected chi connectivity index (χ2v) is 5.09. The Labute approximate surface area is 120 Å². The number of hydrogen-bond acceptors (Lipinski definition) is 3. The van der Waals surface area contributed by atoms with Gasteiger partial charge in [0.2, 0.25) is 5.88 Å². The van der Waals surface area contributed by atoms with Crippen LogP contribution in [0.3, 0.4) is 0 Å². The molecule has 19 heavy (non-hydrogen) atoms. The van der Waals surface area contributed by atoms with Crippen molar-refractivity contribution in [2.45, 2.75) is 13.8 Å². The summed E-state index contributed by atoms with van der Waals surface area (Å²) in [6.45, 7) is 3.84. The Morgan fingerprint density at radius 2 is 2.00 bits per heavy atom. The summed E-state index contributed by atoms with van der Waals surface area (Å²) in [5, 5.41) is 7.54. The topological polar surface area (TPSA) is 72.0 Å². The van der Waals surface area contributed by atoms with Crippen LogP contribution >= 0.6 is 15.9 Å². The van der Waals surface area contributed by atoms with E-state index >= 15 is 0 Å². The molecule has 0 fully saturated rings. The van der Waals surface area contributed by atoms with Gasteiger partial charge >= 0.3 is 0 Å². The Morgan fingerprint density at radius 1 is 1.26 bits per heavy atom. The van der Waals surface area contributed by atoms with Gasteiger partial charge in [-0.15, -0.1) is 0 Å². The zero-order valence-electron chi connectivity index (χ0n) is 10.7. The number of hydrogen-bond donors (Lipinski definition) is 2. The van der Waals surface area contributed by atoms with Crippen LogP contribution in [0.1, 0.15) is 16.8 Å². The minimum absolute atomic E-state index is 0.0590. The highest BCUT2D eigenvalue weighted by Gasteiger charge is 2.10. The fourth-order valence-corrected chi connectivity index (χ4v) is 1.85. The first kappa shape index (κ1) is 13.5. The number of ether oxygens (including phenoxy) is 1. The van der Waals surface area contributed by atoms with Crippen molar-refractivity contribution in [3.8, 4) is 11.6 Å². The van der Waals surface area contributed by atoms with Gasteiger partial charge in [-0.1, -0.05) is 15.9 Å². The van der Waals surface area contributed by atoms with E-state index in [0.29, 0.717) is 17.2 Å². The molecule has 0 unspecified atom stereocenters. The smallest absolute Gasteiger partial charge is 0.230 e. The van der Waals surface area contributed by atoms with Crippen LogP contribution in [0.2, 0.25) is 0 Å². The van der Waals surface area contributed by atoms with Crippen LogP contribution < -0.4 is 10.5 Å². The van der Waals surface area contributed by atoms with Crippen molar-refractivity contribution in [1.29, 1.82) is 5.41 Å². The molecule has 0 saturated heterocycles. The molecule has 0 saturated carbocycles. The van der Waals surface area contributed by atoms with Crippen LogP contribution in [0.15, 0.2) is 34.8 Å². The molecule has 5 heteroatoms. The van der Waals surface area contributed by atoms with Crippen molar-refractivity contribution in [3.05, 3.63) is 51.6 Å². The molecule has 0 radical (unpaired) electrons. The van der Waals surface area contributed by atoms with Gasteiger partial charge in [0, 0.05) is 10.2 Å². The molecule has 0 amide bonds. The van der Waals surface area contributed by atoms with Crippen LogP contribution in [-0.2, 0) is 0 Å². The number of nitrogens with zero attached hydrogens (tertiary/aromatic N) is 1. The third kappa shape index (κ3) is 3.12. The van der Waals surface area contributed by atoms with Gasteiger partial charge in [-0.3, -0.25) is 5.41 Å². The van der Waals surface area contributed by atoms with Crippen LogP contribution in [-0.4, -0.2) is 10.8 Å². The standard InChI is InChI=1S/C14H14BrN3O/c1-8-7-10(4-6-12(8)15)19-14-11(13(16)17)5-3-9(2)18-14/h3-7H,1-2H3,(H3,16,17). The van der Waals surface area contributed by atoms with Gasteiger partial charge in [-0.25, -0.2) is 4.98 Å². The van der Waals surface area contributed by atoms with Crippen LogP contribution in [0, 0.1) is 19.3 Å². The zero-order chi connectivity index (χ0) is 14.0. The molecule has 0 aliphatic heterocycles. The summed E-state index contributed by atoms with van der Waals surface area (Å²) >= 11 is 3.44. The molecule has 4 nitrogen and oxygen atoms in total. The molecule has 0 atom stereocenters. The number of pyridine rings is 1. The quantitative estimate of drug-likeness (QED) is 0.671. The van der Waals surface area contributed by atoms with E-state index < -0.39 is 0 Å². The summed E-state index contributed by atoms with van der Waals surface area (Å²) in [6, 6.07) is 9.19. The molecule has 1 aromatic carbocycles. The van der Waals surface area contributed by atoms with E-state index in [9.17, 15) is 0 Å². The molecule has 2 rings (SSSR count). The molecular formula is C14H14BrN3O. The zero-order valence-corrected chi connectivity index (χ0v) is 12.3. The minimum atomic E-state index is -0.0590. The van der Waals surface area contributed by atoms with Gasteiger partial charge in [0.05, 0.1) is 5.56 Å². The first-order chi connectivity index (χ1) is 8.97. The van der Waals surface area contributed by atoms with Crippen molar-refractivity contribution < 1.29 is 4.74 Å². The number of aryl methyl sites for hydroxylation is 2. The Morgan fingerprint density at radius 3 is 2.63 bits per heavy atom. The van der Waals surface area contributed by atoms with Gasteiger partial charge in [-0.2, -0.15) is 0 Å². The average Bonchev–Trinajstić information content (AvgIpc) is 2.33. The lowest BCUT2D eigenvalue weighted by molar-refractivity contribution is 0.460. The first-order valence-corrected chi connectivity index (χ1v) is 6.52. The van der Waals surface area contributed by atoms with Crippen LogP contribution in [0.5, 0.6) is 11.6 Å². The van der Waals surface area contributed by atoms with Crippen molar-refractivity contribution >= 4 is 21.8 Å². The van der Waals surface area contributed by atoms with E-state index in [0.717, 1.165) is 15.7 Å². The lowest BCUT2D eigenvalue weighted by atomic mass is 10.2. The maximum absolute atomic E-state index is 7.54. The lowest BCUT2D eigenvalue weighted by Crippen LogP contribution is -2.13. The molecule has 2 aromatic rings. The highest BCUT2D eigenvalue weighted by Crippen LogP contribution is 2.27. The third-order valence-electron chi connectivity index (χ3n) is 2.63. The average molecular weight is 320 g/mol. The van der Waals surface area contributed by atoms with Gasteiger partial charge in [0.1, 0.15) is 11.6 Å². The van der Waals surface area contributed by atoms with Crippen LogP contribution in [0.25, 0.3) is 0 Å². The maximum Gasteiger partial charge on any atom is 0.230 e. The lowest BCUT2D eigenvalue weighted by Gasteiger charge is -2.10. The summed E-state index contributed by atoms with van der Waals surface area (Å²) < 4.78 is 6.75. The Balaban J connectivity index is 2.39. The molecule has 0 spiro atoms. The minimum Gasteiger partial charge on any atom is -0.438 e. The number of aromatic nitrogens is 1. The molecule has 1 heterocycles. The second-order valence-electron chi connectivity index (χ2n) is 4.23. The monoisotopic (exact) mass is 319 g/mol. The molecule has 0 bridgehead atoms. The number of amidine groups is 1. The van der Waals surface area contributed by atoms with Crippen LogP contribution in [0.4, 0.5) is 0 Å².